The molecule has 9 heteroatoms. The van der Waals surface area contributed by atoms with Gasteiger partial charge in [-0.2, -0.15) is 0 Å². The SMILES string of the molecule is CCOC(=O)/C=C/C(=O)OCC(=O)N(c1ccccc1)[C@@H]1CCS(=O)(=O)C1. The van der Waals surface area contributed by atoms with Gasteiger partial charge in [-0.05, 0) is 25.5 Å². The van der Waals surface area contributed by atoms with E-state index in [0.717, 1.165) is 12.2 Å². The van der Waals surface area contributed by atoms with Crippen LogP contribution in [0.5, 0.6) is 0 Å². The molecule has 1 heterocycles. The summed E-state index contributed by atoms with van der Waals surface area (Å²) in [6, 6.07) is 8.09. The van der Waals surface area contributed by atoms with Crippen molar-refractivity contribution in [2.45, 2.75) is 19.4 Å². The number of para-hydroxylation sites is 1. The molecule has 0 aliphatic carbocycles. The molecular weight excluding hydrogens is 374 g/mol. The molecule has 0 unspecified atom stereocenters. The Kier molecular flexibility index (Phi) is 7.12. The van der Waals surface area contributed by atoms with Crippen LogP contribution in [-0.2, 0) is 33.7 Å². The number of rotatable bonds is 7. The van der Waals surface area contributed by atoms with Crippen molar-refractivity contribution in [2.75, 3.05) is 29.6 Å². The summed E-state index contributed by atoms with van der Waals surface area (Å²) in [6.07, 6.45) is 2.10. The van der Waals surface area contributed by atoms with Gasteiger partial charge in [-0.3, -0.25) is 4.79 Å². The van der Waals surface area contributed by atoms with Gasteiger partial charge in [-0.15, -0.1) is 0 Å². The molecule has 1 aromatic rings. The van der Waals surface area contributed by atoms with Gasteiger partial charge in [0, 0.05) is 17.8 Å². The quantitative estimate of drug-likeness (QED) is 0.498. The Balaban J connectivity index is 2.04. The van der Waals surface area contributed by atoms with Gasteiger partial charge >= 0.3 is 11.9 Å². The van der Waals surface area contributed by atoms with Gasteiger partial charge in [0.2, 0.25) is 0 Å². The predicted molar refractivity (Wildman–Crippen MR) is 97.7 cm³/mol. The van der Waals surface area contributed by atoms with E-state index in [1.165, 1.54) is 4.90 Å². The molecule has 0 N–H and O–H groups in total. The van der Waals surface area contributed by atoms with Crippen molar-refractivity contribution < 1.29 is 32.3 Å². The first kappa shape index (κ1) is 20.6. The topological polar surface area (TPSA) is 107 Å². The molecule has 1 aliphatic heterocycles. The van der Waals surface area contributed by atoms with Gasteiger partial charge < -0.3 is 14.4 Å². The normalized spacial score (nSPS) is 18.2. The molecule has 1 atom stereocenters. The Bertz CT molecular complexity index is 817. The van der Waals surface area contributed by atoms with E-state index in [1.807, 2.05) is 0 Å². The van der Waals surface area contributed by atoms with Gasteiger partial charge in [-0.25, -0.2) is 18.0 Å². The third-order valence-corrected chi connectivity index (χ3v) is 5.61. The van der Waals surface area contributed by atoms with Crippen LogP contribution in [0.4, 0.5) is 5.69 Å². The fourth-order valence-corrected chi connectivity index (χ4v) is 4.40. The average molecular weight is 395 g/mol. The molecule has 1 aliphatic rings. The van der Waals surface area contributed by atoms with E-state index >= 15 is 0 Å². The van der Waals surface area contributed by atoms with Gasteiger partial charge in [0.1, 0.15) is 0 Å². The molecule has 0 spiro atoms. The van der Waals surface area contributed by atoms with Crippen LogP contribution in [0.25, 0.3) is 0 Å². The smallest absolute Gasteiger partial charge is 0.331 e. The van der Waals surface area contributed by atoms with E-state index in [-0.39, 0.29) is 18.1 Å². The summed E-state index contributed by atoms with van der Waals surface area (Å²) in [4.78, 5) is 36.8. The van der Waals surface area contributed by atoms with Crippen molar-refractivity contribution in [3.8, 4) is 0 Å². The highest BCUT2D eigenvalue weighted by atomic mass is 32.2. The predicted octanol–water partition coefficient (Wildman–Crippen LogP) is 0.869. The second kappa shape index (κ2) is 9.31. The maximum atomic E-state index is 12.6. The maximum absolute atomic E-state index is 12.6. The minimum atomic E-state index is -3.20. The summed E-state index contributed by atoms with van der Waals surface area (Å²) in [6.45, 7) is 1.23. The van der Waals surface area contributed by atoms with Crippen LogP contribution >= 0.6 is 0 Å². The summed E-state index contributed by atoms with van der Waals surface area (Å²) < 4.78 is 33.1. The Morgan fingerprint density at radius 1 is 1.11 bits per heavy atom. The van der Waals surface area contributed by atoms with E-state index in [0.29, 0.717) is 12.1 Å². The van der Waals surface area contributed by atoms with Crippen molar-refractivity contribution in [2.24, 2.45) is 0 Å². The Morgan fingerprint density at radius 2 is 1.74 bits per heavy atom. The van der Waals surface area contributed by atoms with Crippen LogP contribution in [0.3, 0.4) is 0 Å². The van der Waals surface area contributed by atoms with Crippen LogP contribution < -0.4 is 4.90 Å². The number of nitrogens with zero attached hydrogens (tertiary/aromatic N) is 1. The average Bonchev–Trinajstić information content (AvgIpc) is 2.99. The molecule has 1 fully saturated rings. The molecule has 1 saturated heterocycles. The number of benzene rings is 1. The first-order valence-electron chi connectivity index (χ1n) is 8.41. The lowest BCUT2D eigenvalue weighted by atomic mass is 10.2. The largest absolute Gasteiger partial charge is 0.463 e. The minimum Gasteiger partial charge on any atom is -0.463 e. The number of esters is 2. The highest BCUT2D eigenvalue weighted by molar-refractivity contribution is 7.91. The Labute approximate surface area is 157 Å². The first-order valence-corrected chi connectivity index (χ1v) is 10.2. The van der Waals surface area contributed by atoms with Crippen LogP contribution in [0.15, 0.2) is 42.5 Å². The van der Waals surface area contributed by atoms with Crippen LogP contribution in [0, 0.1) is 0 Å². The van der Waals surface area contributed by atoms with Gasteiger partial charge in [0.05, 0.1) is 24.2 Å². The third-order valence-electron chi connectivity index (χ3n) is 3.86. The molecule has 0 saturated carbocycles. The highest BCUT2D eigenvalue weighted by Gasteiger charge is 2.35. The summed E-state index contributed by atoms with van der Waals surface area (Å²) >= 11 is 0. The highest BCUT2D eigenvalue weighted by Crippen LogP contribution is 2.24. The van der Waals surface area contributed by atoms with E-state index in [9.17, 15) is 22.8 Å². The molecule has 1 amide bonds. The van der Waals surface area contributed by atoms with Crippen LogP contribution in [0.1, 0.15) is 13.3 Å². The Morgan fingerprint density at radius 3 is 2.30 bits per heavy atom. The number of amides is 1. The van der Waals surface area contributed by atoms with Crippen molar-refractivity contribution in [1.29, 1.82) is 0 Å². The van der Waals surface area contributed by atoms with Crippen molar-refractivity contribution in [3.05, 3.63) is 42.5 Å². The van der Waals surface area contributed by atoms with Crippen LogP contribution in [0.2, 0.25) is 0 Å². The maximum Gasteiger partial charge on any atom is 0.331 e. The molecule has 0 radical (unpaired) electrons. The minimum absolute atomic E-state index is 0.0103. The zero-order valence-corrected chi connectivity index (χ0v) is 15.7. The lowest BCUT2D eigenvalue weighted by Gasteiger charge is -2.28. The molecule has 0 aromatic heterocycles. The monoisotopic (exact) mass is 395 g/mol. The number of carbonyl (C=O) groups is 3. The molecule has 0 bridgehead atoms. The summed E-state index contributed by atoms with van der Waals surface area (Å²) in [5.41, 5.74) is 0.530. The Hall–Kier alpha value is -2.68. The van der Waals surface area contributed by atoms with E-state index < -0.39 is 40.3 Å². The van der Waals surface area contributed by atoms with Gasteiger partial charge in [0.25, 0.3) is 5.91 Å². The molecular formula is C18H21NO7S. The molecule has 2 rings (SSSR count). The van der Waals surface area contributed by atoms with Crippen LogP contribution in [-0.4, -0.2) is 57.0 Å². The number of sulfone groups is 1. The summed E-state index contributed by atoms with van der Waals surface area (Å²) in [5.74, 6) is -2.23. The van der Waals surface area contributed by atoms with E-state index in [2.05, 4.69) is 4.74 Å². The van der Waals surface area contributed by atoms with Crippen molar-refractivity contribution in [1.82, 2.24) is 0 Å². The fraction of sp³-hybridized carbons (Fsp3) is 0.389. The summed E-state index contributed by atoms with van der Waals surface area (Å²) in [7, 11) is -3.20. The van der Waals surface area contributed by atoms with E-state index in [1.54, 1.807) is 37.3 Å². The zero-order valence-electron chi connectivity index (χ0n) is 14.9. The molecule has 8 nitrogen and oxygen atoms in total. The van der Waals surface area contributed by atoms with Crippen molar-refractivity contribution >= 4 is 33.4 Å². The second-order valence-electron chi connectivity index (χ2n) is 5.85. The number of hydrogen-bond donors (Lipinski definition) is 0. The first-order chi connectivity index (χ1) is 12.8. The molecule has 27 heavy (non-hydrogen) atoms. The number of hydrogen-bond acceptors (Lipinski definition) is 7. The fourth-order valence-electron chi connectivity index (χ4n) is 2.70. The molecule has 146 valence electrons. The second-order valence-corrected chi connectivity index (χ2v) is 8.08. The number of anilines is 1. The van der Waals surface area contributed by atoms with Gasteiger partial charge in [-0.1, -0.05) is 18.2 Å². The zero-order chi connectivity index (χ0) is 19.9. The number of ether oxygens (including phenoxy) is 2. The number of carbonyl (C=O) groups excluding carboxylic acids is 3. The third kappa shape index (κ3) is 6.21. The van der Waals surface area contributed by atoms with E-state index in [4.69, 9.17) is 4.74 Å². The lowest BCUT2D eigenvalue weighted by molar-refractivity contribution is -0.143. The summed E-state index contributed by atoms with van der Waals surface area (Å²) in [5, 5.41) is 0. The van der Waals surface area contributed by atoms with Crippen molar-refractivity contribution in [3.63, 3.8) is 0 Å². The van der Waals surface area contributed by atoms with Gasteiger partial charge in [0.15, 0.2) is 16.4 Å². The lowest BCUT2D eigenvalue weighted by Crippen LogP contribution is -2.43. The molecule has 1 aromatic carbocycles. The standard InChI is InChI=1S/C18H21NO7S/c1-2-25-17(21)8-9-18(22)26-12-16(20)19(14-6-4-3-5-7-14)15-10-11-27(23,24)13-15/h3-9,15H,2,10-13H2,1H3/b9-8+/t15-/m1/s1.